The third-order valence-corrected chi connectivity index (χ3v) is 4.78. The second kappa shape index (κ2) is 10.7. The van der Waals surface area contributed by atoms with E-state index in [2.05, 4.69) is 48.6 Å². The fraction of sp³-hybridized carbons (Fsp3) is 0.435. The average Bonchev–Trinajstić information content (AvgIpc) is 2.69. The summed E-state index contributed by atoms with van der Waals surface area (Å²) in [6.07, 6.45) is 0. The monoisotopic (exact) mass is 400 g/mol. The lowest BCUT2D eigenvalue weighted by molar-refractivity contribution is -0.890. The quantitative estimate of drug-likeness (QED) is 0.642. The van der Waals surface area contributed by atoms with E-state index in [4.69, 9.17) is 9.47 Å². The van der Waals surface area contributed by atoms with Gasteiger partial charge < -0.3 is 24.6 Å². The minimum atomic E-state index is -0.120. The van der Waals surface area contributed by atoms with Gasteiger partial charge in [0.25, 0.3) is 5.91 Å². The molecular formula is C23H34N3O3+. The molecule has 6 nitrogen and oxygen atoms in total. The minimum absolute atomic E-state index is 0.120. The van der Waals surface area contributed by atoms with E-state index in [0.29, 0.717) is 36.8 Å². The maximum Gasteiger partial charge on any atom is 0.251 e. The van der Waals surface area contributed by atoms with E-state index in [0.717, 1.165) is 5.69 Å². The molecule has 0 bridgehead atoms. The first-order valence-corrected chi connectivity index (χ1v) is 10.1. The SMILES string of the molecule is CCOc1ccc(C(=O)NC[C@@H](c2ccc(N(C)C)cc2)[NH+](C)C)cc1OCC. The molecule has 0 saturated heterocycles. The summed E-state index contributed by atoms with van der Waals surface area (Å²) in [5, 5.41) is 3.07. The van der Waals surface area contributed by atoms with Gasteiger partial charge in [0.2, 0.25) is 0 Å². The summed E-state index contributed by atoms with van der Waals surface area (Å²) in [4.78, 5) is 16.1. The number of nitrogens with one attached hydrogen (secondary N) is 2. The van der Waals surface area contributed by atoms with Gasteiger partial charge in [0.1, 0.15) is 6.04 Å². The summed E-state index contributed by atoms with van der Waals surface area (Å²) >= 11 is 0. The maximum atomic E-state index is 12.7. The molecule has 29 heavy (non-hydrogen) atoms. The van der Waals surface area contributed by atoms with Crippen LogP contribution in [0.1, 0.15) is 35.8 Å². The molecule has 0 heterocycles. The van der Waals surface area contributed by atoms with Gasteiger partial charge in [-0.2, -0.15) is 0 Å². The van der Waals surface area contributed by atoms with E-state index in [9.17, 15) is 4.79 Å². The van der Waals surface area contributed by atoms with Crippen LogP contribution in [0.25, 0.3) is 0 Å². The molecule has 2 aromatic carbocycles. The topological polar surface area (TPSA) is 55.2 Å². The molecule has 0 spiro atoms. The van der Waals surface area contributed by atoms with Gasteiger partial charge in [0.15, 0.2) is 11.5 Å². The largest absolute Gasteiger partial charge is 0.490 e. The van der Waals surface area contributed by atoms with Gasteiger partial charge in [0.05, 0.1) is 33.9 Å². The van der Waals surface area contributed by atoms with Crippen LogP contribution in [0.15, 0.2) is 42.5 Å². The van der Waals surface area contributed by atoms with Gasteiger partial charge in [-0.1, -0.05) is 12.1 Å². The van der Waals surface area contributed by atoms with Crippen LogP contribution in [-0.2, 0) is 0 Å². The van der Waals surface area contributed by atoms with Crippen LogP contribution in [-0.4, -0.2) is 53.9 Å². The van der Waals surface area contributed by atoms with Crippen LogP contribution < -0.4 is 24.6 Å². The standard InChI is InChI=1S/C23H33N3O3/c1-7-28-21-14-11-18(15-22(21)29-8-2)23(27)24-16-20(26(5)6)17-9-12-19(13-10-17)25(3)4/h9-15,20H,7-8,16H2,1-6H3,(H,24,27)/p+1/t20-/m0/s1. The molecule has 2 N–H and O–H groups in total. The molecule has 158 valence electrons. The molecule has 0 saturated carbocycles. The van der Waals surface area contributed by atoms with Crippen LogP contribution >= 0.6 is 0 Å². The summed E-state index contributed by atoms with van der Waals surface area (Å²) in [6, 6.07) is 13.9. The highest BCUT2D eigenvalue weighted by Crippen LogP contribution is 2.28. The first-order chi connectivity index (χ1) is 13.9. The minimum Gasteiger partial charge on any atom is -0.490 e. The van der Waals surface area contributed by atoms with Crippen molar-refractivity contribution in [3.8, 4) is 11.5 Å². The molecule has 0 fully saturated rings. The average molecular weight is 401 g/mol. The Balaban J connectivity index is 2.11. The van der Waals surface area contributed by atoms with Crippen molar-refractivity contribution in [2.24, 2.45) is 0 Å². The lowest BCUT2D eigenvalue weighted by Gasteiger charge is -2.23. The van der Waals surface area contributed by atoms with E-state index in [1.807, 2.05) is 27.9 Å². The van der Waals surface area contributed by atoms with E-state index < -0.39 is 0 Å². The van der Waals surface area contributed by atoms with Crippen molar-refractivity contribution in [3.63, 3.8) is 0 Å². The van der Waals surface area contributed by atoms with Crippen molar-refractivity contribution < 1.29 is 19.2 Å². The van der Waals surface area contributed by atoms with Gasteiger partial charge in [-0.3, -0.25) is 4.79 Å². The Morgan fingerprint density at radius 1 is 1.00 bits per heavy atom. The Kier molecular flexibility index (Phi) is 8.34. The molecule has 0 radical (unpaired) electrons. The molecule has 0 aromatic heterocycles. The molecule has 0 aliphatic heterocycles. The zero-order valence-electron chi connectivity index (χ0n) is 18.4. The first kappa shape index (κ1) is 22.6. The number of hydrogen-bond donors (Lipinski definition) is 2. The predicted octanol–water partition coefficient (Wildman–Crippen LogP) is 2.17. The second-order valence-corrected chi connectivity index (χ2v) is 7.35. The first-order valence-electron chi connectivity index (χ1n) is 10.1. The zero-order valence-corrected chi connectivity index (χ0v) is 18.4. The third-order valence-electron chi connectivity index (χ3n) is 4.78. The molecule has 1 amide bonds. The Labute approximate surface area is 174 Å². The fourth-order valence-electron chi connectivity index (χ4n) is 3.15. The molecule has 2 rings (SSSR count). The van der Waals surface area contributed by atoms with Crippen molar-refractivity contribution in [2.75, 3.05) is 52.8 Å². The van der Waals surface area contributed by atoms with Crippen LogP contribution in [0.5, 0.6) is 11.5 Å². The number of ether oxygens (including phenoxy) is 2. The lowest BCUT2D eigenvalue weighted by Crippen LogP contribution is -3.07. The summed E-state index contributed by atoms with van der Waals surface area (Å²) in [6.45, 7) is 5.44. The summed E-state index contributed by atoms with van der Waals surface area (Å²) < 4.78 is 11.2. The van der Waals surface area contributed by atoms with Crippen molar-refractivity contribution in [1.29, 1.82) is 0 Å². The highest BCUT2D eigenvalue weighted by atomic mass is 16.5. The molecule has 1 atom stereocenters. The number of hydrogen-bond acceptors (Lipinski definition) is 4. The highest BCUT2D eigenvalue weighted by Gasteiger charge is 2.20. The fourth-order valence-corrected chi connectivity index (χ4v) is 3.15. The van der Waals surface area contributed by atoms with E-state index >= 15 is 0 Å². The van der Waals surface area contributed by atoms with Gasteiger partial charge in [-0.15, -0.1) is 0 Å². The number of likely N-dealkylation sites (N-methyl/N-ethyl adjacent to an activating group) is 1. The second-order valence-electron chi connectivity index (χ2n) is 7.35. The predicted molar refractivity (Wildman–Crippen MR) is 117 cm³/mol. The number of anilines is 1. The smallest absolute Gasteiger partial charge is 0.251 e. The van der Waals surface area contributed by atoms with Crippen LogP contribution in [0.4, 0.5) is 5.69 Å². The Hall–Kier alpha value is -2.73. The molecule has 0 aliphatic carbocycles. The van der Waals surface area contributed by atoms with E-state index in [1.54, 1.807) is 18.2 Å². The van der Waals surface area contributed by atoms with Gasteiger partial charge in [0, 0.05) is 30.9 Å². The van der Waals surface area contributed by atoms with Crippen LogP contribution in [0, 0.1) is 0 Å². The molecule has 0 aliphatic rings. The van der Waals surface area contributed by atoms with Gasteiger partial charge in [-0.25, -0.2) is 0 Å². The third kappa shape index (κ3) is 6.12. The van der Waals surface area contributed by atoms with E-state index in [-0.39, 0.29) is 11.9 Å². The molecule has 2 aromatic rings. The summed E-state index contributed by atoms with van der Waals surface area (Å²) in [7, 11) is 8.25. The number of rotatable bonds is 10. The Morgan fingerprint density at radius 3 is 2.17 bits per heavy atom. The van der Waals surface area contributed by atoms with Crippen molar-refractivity contribution in [2.45, 2.75) is 19.9 Å². The maximum absolute atomic E-state index is 12.7. The number of carbonyl (C=O) groups excluding carboxylic acids is 1. The van der Waals surface area contributed by atoms with Gasteiger partial charge >= 0.3 is 0 Å². The number of nitrogens with zero attached hydrogens (tertiary/aromatic N) is 1. The summed E-state index contributed by atoms with van der Waals surface area (Å²) in [5.74, 6) is 1.13. The molecule has 6 heteroatoms. The number of benzene rings is 2. The Morgan fingerprint density at radius 2 is 1.62 bits per heavy atom. The normalized spacial score (nSPS) is 11.8. The van der Waals surface area contributed by atoms with Gasteiger partial charge in [-0.05, 0) is 44.2 Å². The highest BCUT2D eigenvalue weighted by molar-refractivity contribution is 5.94. The van der Waals surface area contributed by atoms with Crippen LogP contribution in [0.3, 0.4) is 0 Å². The molecule has 0 unspecified atom stereocenters. The summed E-state index contributed by atoms with van der Waals surface area (Å²) in [5.41, 5.74) is 2.91. The number of quaternary nitrogens is 1. The number of amides is 1. The van der Waals surface area contributed by atoms with Crippen LogP contribution in [0.2, 0.25) is 0 Å². The zero-order chi connectivity index (χ0) is 21.4. The van der Waals surface area contributed by atoms with Crippen molar-refractivity contribution in [1.82, 2.24) is 5.32 Å². The number of carbonyl (C=O) groups is 1. The lowest BCUT2D eigenvalue weighted by atomic mass is 10.0. The Bertz CT molecular complexity index is 788. The van der Waals surface area contributed by atoms with Crippen molar-refractivity contribution >= 4 is 11.6 Å². The molecular weight excluding hydrogens is 366 g/mol. The van der Waals surface area contributed by atoms with E-state index in [1.165, 1.54) is 10.5 Å². The van der Waals surface area contributed by atoms with Crippen molar-refractivity contribution in [3.05, 3.63) is 53.6 Å².